The summed E-state index contributed by atoms with van der Waals surface area (Å²) in [5.74, 6) is -1.79. The summed E-state index contributed by atoms with van der Waals surface area (Å²) in [4.78, 5) is 21.3. The van der Waals surface area contributed by atoms with Gasteiger partial charge in [0, 0.05) is 6.54 Å². The van der Waals surface area contributed by atoms with E-state index in [1.54, 1.807) is 6.07 Å². The third-order valence-electron chi connectivity index (χ3n) is 2.82. The first-order chi connectivity index (χ1) is 9.99. The standard InChI is InChI=1S/C14H11FN2O4/c15-10-4-1-3-9(7-10)8-16-12-6-2-5-11(14(18)19)13(12)17(20)21/h1-7,16H,8H2,(H,18,19). The normalized spacial score (nSPS) is 10.1. The molecule has 0 unspecified atom stereocenters. The van der Waals surface area contributed by atoms with Crippen molar-refractivity contribution in [3.63, 3.8) is 0 Å². The van der Waals surface area contributed by atoms with Crippen LogP contribution in [0.5, 0.6) is 0 Å². The zero-order chi connectivity index (χ0) is 15.4. The third kappa shape index (κ3) is 3.33. The molecule has 108 valence electrons. The van der Waals surface area contributed by atoms with Crippen molar-refractivity contribution in [2.45, 2.75) is 6.54 Å². The number of anilines is 1. The number of hydrogen-bond acceptors (Lipinski definition) is 4. The fourth-order valence-corrected chi connectivity index (χ4v) is 1.90. The van der Waals surface area contributed by atoms with Gasteiger partial charge in [0.15, 0.2) is 0 Å². The smallest absolute Gasteiger partial charge is 0.342 e. The van der Waals surface area contributed by atoms with Crippen molar-refractivity contribution in [3.8, 4) is 0 Å². The molecule has 0 saturated heterocycles. The predicted molar refractivity (Wildman–Crippen MR) is 73.8 cm³/mol. The number of carboxylic acids is 1. The molecule has 0 fully saturated rings. The fraction of sp³-hybridized carbons (Fsp3) is 0.0714. The number of hydrogen-bond donors (Lipinski definition) is 2. The Morgan fingerprint density at radius 2 is 2.00 bits per heavy atom. The van der Waals surface area contributed by atoms with Crippen LogP contribution in [0, 0.1) is 15.9 Å². The maximum atomic E-state index is 13.1. The number of carbonyl (C=O) groups is 1. The number of nitrogens with one attached hydrogen (secondary N) is 1. The number of aromatic carboxylic acids is 1. The average molecular weight is 290 g/mol. The van der Waals surface area contributed by atoms with Gasteiger partial charge in [-0.1, -0.05) is 18.2 Å². The SMILES string of the molecule is O=C(O)c1cccc(NCc2cccc(F)c2)c1[N+](=O)[O-]. The van der Waals surface area contributed by atoms with Gasteiger partial charge in [-0.15, -0.1) is 0 Å². The van der Waals surface area contributed by atoms with Crippen LogP contribution in [-0.4, -0.2) is 16.0 Å². The first-order valence-electron chi connectivity index (χ1n) is 5.98. The highest BCUT2D eigenvalue weighted by Crippen LogP contribution is 2.29. The van der Waals surface area contributed by atoms with Crippen molar-refractivity contribution in [3.05, 3.63) is 69.5 Å². The molecule has 0 spiro atoms. The van der Waals surface area contributed by atoms with Crippen molar-refractivity contribution in [1.29, 1.82) is 0 Å². The lowest BCUT2D eigenvalue weighted by Gasteiger charge is -2.08. The Morgan fingerprint density at radius 3 is 2.62 bits per heavy atom. The minimum atomic E-state index is -1.38. The van der Waals surface area contributed by atoms with Crippen LogP contribution in [0.1, 0.15) is 15.9 Å². The van der Waals surface area contributed by atoms with Crippen LogP contribution >= 0.6 is 0 Å². The average Bonchev–Trinajstić information content (AvgIpc) is 2.44. The third-order valence-corrected chi connectivity index (χ3v) is 2.82. The minimum Gasteiger partial charge on any atom is -0.477 e. The van der Waals surface area contributed by atoms with E-state index in [2.05, 4.69) is 5.32 Å². The highest BCUT2D eigenvalue weighted by Gasteiger charge is 2.23. The Labute approximate surface area is 119 Å². The van der Waals surface area contributed by atoms with Crippen molar-refractivity contribution in [1.82, 2.24) is 0 Å². The number of rotatable bonds is 5. The summed E-state index contributed by atoms with van der Waals surface area (Å²) in [6.45, 7) is 0.141. The van der Waals surface area contributed by atoms with E-state index >= 15 is 0 Å². The van der Waals surface area contributed by atoms with E-state index in [9.17, 15) is 19.3 Å². The van der Waals surface area contributed by atoms with Crippen LogP contribution in [0.2, 0.25) is 0 Å². The molecule has 6 nitrogen and oxygen atoms in total. The lowest BCUT2D eigenvalue weighted by Crippen LogP contribution is -2.08. The highest BCUT2D eigenvalue weighted by atomic mass is 19.1. The van der Waals surface area contributed by atoms with Crippen molar-refractivity contribution >= 4 is 17.3 Å². The Kier molecular flexibility index (Phi) is 4.13. The largest absolute Gasteiger partial charge is 0.477 e. The molecule has 0 radical (unpaired) electrons. The number of nitro benzene ring substituents is 1. The molecule has 0 aliphatic carbocycles. The fourth-order valence-electron chi connectivity index (χ4n) is 1.90. The summed E-state index contributed by atoms with van der Waals surface area (Å²) in [6.07, 6.45) is 0. The molecule has 0 amide bonds. The second-order valence-electron chi connectivity index (χ2n) is 4.25. The zero-order valence-electron chi connectivity index (χ0n) is 10.7. The number of carboxylic acid groups (broad SMARTS) is 1. The Morgan fingerprint density at radius 1 is 1.29 bits per heavy atom. The summed E-state index contributed by atoms with van der Waals surface area (Å²) in [5, 5.41) is 22.8. The summed E-state index contributed by atoms with van der Waals surface area (Å²) in [7, 11) is 0. The molecule has 2 N–H and O–H groups in total. The molecule has 0 aliphatic heterocycles. The van der Waals surface area contributed by atoms with Gasteiger partial charge in [-0.2, -0.15) is 0 Å². The molecule has 0 bridgehead atoms. The lowest BCUT2D eigenvalue weighted by molar-refractivity contribution is -0.384. The molecule has 0 saturated carbocycles. The van der Waals surface area contributed by atoms with Gasteiger partial charge in [0.2, 0.25) is 0 Å². The van der Waals surface area contributed by atoms with Gasteiger partial charge in [-0.25, -0.2) is 9.18 Å². The quantitative estimate of drug-likeness (QED) is 0.652. The second kappa shape index (κ2) is 6.00. The molecule has 2 aromatic carbocycles. The van der Waals surface area contributed by atoms with Crippen LogP contribution in [-0.2, 0) is 6.54 Å². The van der Waals surface area contributed by atoms with Gasteiger partial charge in [0.05, 0.1) is 4.92 Å². The van der Waals surface area contributed by atoms with Crippen LogP contribution in [0.25, 0.3) is 0 Å². The molecule has 0 aromatic heterocycles. The van der Waals surface area contributed by atoms with E-state index in [0.717, 1.165) is 6.07 Å². The Bertz CT molecular complexity index is 703. The van der Waals surface area contributed by atoms with Crippen molar-refractivity contribution in [2.24, 2.45) is 0 Å². The van der Waals surface area contributed by atoms with Gasteiger partial charge in [-0.05, 0) is 29.8 Å². The van der Waals surface area contributed by atoms with Crippen molar-refractivity contribution < 1.29 is 19.2 Å². The molecule has 21 heavy (non-hydrogen) atoms. The second-order valence-corrected chi connectivity index (χ2v) is 4.25. The molecule has 7 heteroatoms. The number of nitro groups is 1. The van der Waals surface area contributed by atoms with Gasteiger partial charge in [0.25, 0.3) is 0 Å². The Balaban J connectivity index is 2.30. The molecular weight excluding hydrogens is 279 g/mol. The van der Waals surface area contributed by atoms with E-state index in [-0.39, 0.29) is 12.2 Å². The van der Waals surface area contributed by atoms with Crippen LogP contribution in [0.15, 0.2) is 42.5 Å². The summed E-state index contributed by atoms with van der Waals surface area (Å²) >= 11 is 0. The van der Waals surface area contributed by atoms with E-state index in [1.807, 2.05) is 0 Å². The van der Waals surface area contributed by atoms with E-state index < -0.39 is 28.0 Å². The van der Waals surface area contributed by atoms with E-state index in [1.165, 1.54) is 30.3 Å². The van der Waals surface area contributed by atoms with Crippen LogP contribution in [0.3, 0.4) is 0 Å². The topological polar surface area (TPSA) is 92.5 Å². The van der Waals surface area contributed by atoms with Crippen LogP contribution in [0.4, 0.5) is 15.8 Å². The number of nitrogens with zero attached hydrogens (tertiary/aromatic N) is 1. The monoisotopic (exact) mass is 290 g/mol. The zero-order valence-corrected chi connectivity index (χ0v) is 10.7. The highest BCUT2D eigenvalue weighted by molar-refractivity contribution is 5.95. The number of para-hydroxylation sites is 1. The number of halogens is 1. The molecular formula is C14H11FN2O4. The maximum absolute atomic E-state index is 13.1. The van der Waals surface area contributed by atoms with E-state index in [4.69, 9.17) is 5.11 Å². The van der Waals surface area contributed by atoms with Gasteiger partial charge in [-0.3, -0.25) is 10.1 Å². The van der Waals surface area contributed by atoms with Gasteiger partial charge in [0.1, 0.15) is 17.1 Å². The summed E-state index contributed by atoms with van der Waals surface area (Å²) < 4.78 is 13.1. The van der Waals surface area contributed by atoms with Crippen LogP contribution < -0.4 is 5.32 Å². The molecule has 2 aromatic rings. The summed E-state index contributed by atoms with van der Waals surface area (Å²) in [6, 6.07) is 9.73. The first kappa shape index (κ1) is 14.4. The first-order valence-corrected chi connectivity index (χ1v) is 5.98. The lowest BCUT2D eigenvalue weighted by atomic mass is 10.1. The molecule has 0 aliphatic rings. The summed E-state index contributed by atoms with van der Waals surface area (Å²) in [5.41, 5.74) is -0.250. The van der Waals surface area contributed by atoms with Gasteiger partial charge < -0.3 is 10.4 Å². The number of benzene rings is 2. The Hall–Kier alpha value is -2.96. The molecule has 2 rings (SSSR count). The molecule has 0 atom stereocenters. The van der Waals surface area contributed by atoms with Gasteiger partial charge >= 0.3 is 11.7 Å². The van der Waals surface area contributed by atoms with Crippen molar-refractivity contribution in [2.75, 3.05) is 5.32 Å². The maximum Gasteiger partial charge on any atom is 0.342 e. The molecule has 0 heterocycles. The predicted octanol–water partition coefficient (Wildman–Crippen LogP) is 3.04. The van der Waals surface area contributed by atoms with E-state index in [0.29, 0.717) is 5.56 Å². The minimum absolute atomic E-state index is 0.0733.